The molecule has 7 nitrogen and oxygen atoms in total. The lowest BCUT2D eigenvalue weighted by molar-refractivity contribution is -0.141. The first kappa shape index (κ1) is 20.2. The van der Waals surface area contributed by atoms with Crippen LogP contribution in [0.15, 0.2) is 6.07 Å². The Morgan fingerprint density at radius 1 is 1.38 bits per heavy atom. The summed E-state index contributed by atoms with van der Waals surface area (Å²) in [7, 11) is 1.81. The third kappa shape index (κ3) is 5.63. The molecule has 0 aliphatic heterocycles. The van der Waals surface area contributed by atoms with Gasteiger partial charge in [0.15, 0.2) is 5.69 Å². The number of carboxylic acid groups (broad SMARTS) is 1. The van der Waals surface area contributed by atoms with E-state index in [1.54, 1.807) is 22.6 Å². The highest BCUT2D eigenvalue weighted by Gasteiger charge is 2.24. The van der Waals surface area contributed by atoms with E-state index in [1.807, 2.05) is 27.8 Å². The van der Waals surface area contributed by atoms with Crippen LogP contribution in [0.25, 0.3) is 0 Å². The lowest BCUT2D eigenvalue weighted by atomic mass is 10.1. The fourth-order valence-corrected chi connectivity index (χ4v) is 2.47. The van der Waals surface area contributed by atoms with Crippen molar-refractivity contribution in [2.24, 2.45) is 13.0 Å². The molecule has 0 radical (unpaired) electrons. The van der Waals surface area contributed by atoms with Crippen LogP contribution in [-0.2, 0) is 16.6 Å². The summed E-state index contributed by atoms with van der Waals surface area (Å²) in [4.78, 5) is 25.5. The third-order valence-electron chi connectivity index (χ3n) is 3.85. The molecule has 0 saturated heterocycles. The van der Waals surface area contributed by atoms with Crippen LogP contribution in [0.3, 0.4) is 0 Å². The molecule has 0 fully saturated rings. The van der Waals surface area contributed by atoms with E-state index in [0.29, 0.717) is 31.9 Å². The first-order chi connectivity index (χ1) is 11.3. The predicted octanol–water partition coefficient (Wildman–Crippen LogP) is 2.13. The molecule has 1 heterocycles. The summed E-state index contributed by atoms with van der Waals surface area (Å²) < 4.78 is 7.01. The summed E-state index contributed by atoms with van der Waals surface area (Å²) in [6.07, 6.45) is 0.662. The quantitative estimate of drug-likeness (QED) is 0.660. The largest absolute Gasteiger partial charge is 0.481 e. The third-order valence-corrected chi connectivity index (χ3v) is 3.85. The Bertz CT molecular complexity index is 554. The minimum Gasteiger partial charge on any atom is -0.481 e. The second kappa shape index (κ2) is 9.42. The zero-order valence-corrected chi connectivity index (χ0v) is 15.3. The van der Waals surface area contributed by atoms with E-state index >= 15 is 0 Å². The summed E-state index contributed by atoms with van der Waals surface area (Å²) >= 11 is 0. The summed E-state index contributed by atoms with van der Waals surface area (Å²) in [5, 5.41) is 13.4. The minimum absolute atomic E-state index is 0.161. The standard InChI is InChI=1S/C17H29N3O4/c1-6-24-9-7-8-20(11-13(4)17(22)23)16(21)14-10-15(12(2)3)19(5)18-14/h10,12-13H,6-9,11H2,1-5H3,(H,22,23). The number of carbonyl (C=O) groups is 2. The normalized spacial score (nSPS) is 12.4. The van der Waals surface area contributed by atoms with Gasteiger partial charge in [-0.2, -0.15) is 5.10 Å². The topological polar surface area (TPSA) is 84.7 Å². The molecule has 0 aliphatic rings. The van der Waals surface area contributed by atoms with Gasteiger partial charge in [0.1, 0.15) is 0 Å². The summed E-state index contributed by atoms with van der Waals surface area (Å²) in [6.45, 7) is 9.37. The number of aryl methyl sites for hydroxylation is 1. The van der Waals surface area contributed by atoms with E-state index in [0.717, 1.165) is 5.69 Å². The number of nitrogens with zero attached hydrogens (tertiary/aromatic N) is 3. The Hall–Kier alpha value is -1.89. The molecule has 1 amide bonds. The molecule has 0 spiro atoms. The van der Waals surface area contributed by atoms with Crippen molar-refractivity contribution in [1.82, 2.24) is 14.7 Å². The summed E-state index contributed by atoms with van der Waals surface area (Å²) in [5.74, 6) is -1.52. The SMILES string of the molecule is CCOCCCN(CC(C)C(=O)O)C(=O)c1cc(C(C)C)n(C)n1. The number of hydrogen-bond donors (Lipinski definition) is 1. The number of ether oxygens (including phenoxy) is 1. The van der Waals surface area contributed by atoms with Gasteiger partial charge in [-0.05, 0) is 25.3 Å². The molecule has 136 valence electrons. The maximum absolute atomic E-state index is 12.8. The highest BCUT2D eigenvalue weighted by atomic mass is 16.5. The van der Waals surface area contributed by atoms with Crippen molar-refractivity contribution >= 4 is 11.9 Å². The van der Waals surface area contributed by atoms with E-state index in [2.05, 4.69) is 5.10 Å². The number of carboxylic acids is 1. The molecule has 24 heavy (non-hydrogen) atoms. The van der Waals surface area contributed by atoms with Gasteiger partial charge in [-0.3, -0.25) is 14.3 Å². The molecule has 1 aromatic rings. The molecule has 7 heteroatoms. The van der Waals surface area contributed by atoms with Crippen LogP contribution in [-0.4, -0.2) is 58.0 Å². The van der Waals surface area contributed by atoms with E-state index in [-0.39, 0.29) is 18.4 Å². The van der Waals surface area contributed by atoms with Crippen LogP contribution in [0.4, 0.5) is 0 Å². The van der Waals surface area contributed by atoms with Crippen LogP contribution < -0.4 is 0 Å². The molecular formula is C17H29N3O4. The average molecular weight is 339 g/mol. The van der Waals surface area contributed by atoms with Gasteiger partial charge < -0.3 is 14.7 Å². The Morgan fingerprint density at radius 3 is 2.54 bits per heavy atom. The number of amides is 1. The molecule has 1 aromatic heterocycles. The maximum atomic E-state index is 12.8. The van der Waals surface area contributed by atoms with Gasteiger partial charge in [0, 0.05) is 39.0 Å². The van der Waals surface area contributed by atoms with E-state index in [1.165, 1.54) is 0 Å². The highest BCUT2D eigenvalue weighted by Crippen LogP contribution is 2.16. The molecule has 0 bridgehead atoms. The lowest BCUT2D eigenvalue weighted by Gasteiger charge is -2.23. The van der Waals surface area contributed by atoms with Gasteiger partial charge in [0.2, 0.25) is 0 Å². The number of hydrogen-bond acceptors (Lipinski definition) is 4. The average Bonchev–Trinajstić information content (AvgIpc) is 2.91. The molecule has 1 rings (SSSR count). The molecule has 0 aromatic carbocycles. The Morgan fingerprint density at radius 2 is 2.04 bits per heavy atom. The van der Waals surface area contributed by atoms with Crippen molar-refractivity contribution < 1.29 is 19.4 Å². The first-order valence-electron chi connectivity index (χ1n) is 8.41. The van der Waals surface area contributed by atoms with Gasteiger partial charge in [-0.1, -0.05) is 20.8 Å². The van der Waals surface area contributed by atoms with Crippen molar-refractivity contribution in [2.75, 3.05) is 26.3 Å². The van der Waals surface area contributed by atoms with E-state index < -0.39 is 11.9 Å². The molecular weight excluding hydrogens is 310 g/mol. The monoisotopic (exact) mass is 339 g/mol. The zero-order valence-electron chi connectivity index (χ0n) is 15.3. The molecule has 0 aliphatic carbocycles. The number of aromatic nitrogens is 2. The van der Waals surface area contributed by atoms with Crippen LogP contribution in [0.1, 0.15) is 56.2 Å². The summed E-state index contributed by atoms with van der Waals surface area (Å²) in [5.41, 5.74) is 1.33. The van der Waals surface area contributed by atoms with E-state index in [9.17, 15) is 9.59 Å². The van der Waals surface area contributed by atoms with Gasteiger partial charge in [0.25, 0.3) is 5.91 Å². The van der Waals surface area contributed by atoms with Crippen LogP contribution in [0, 0.1) is 5.92 Å². The van der Waals surface area contributed by atoms with Gasteiger partial charge in [-0.15, -0.1) is 0 Å². The van der Waals surface area contributed by atoms with Crippen molar-refractivity contribution in [3.63, 3.8) is 0 Å². The van der Waals surface area contributed by atoms with Crippen LogP contribution >= 0.6 is 0 Å². The minimum atomic E-state index is -0.915. The van der Waals surface area contributed by atoms with Gasteiger partial charge >= 0.3 is 5.97 Å². The van der Waals surface area contributed by atoms with Crippen molar-refractivity contribution in [3.8, 4) is 0 Å². The van der Waals surface area contributed by atoms with Crippen molar-refractivity contribution in [1.29, 1.82) is 0 Å². The molecule has 0 saturated carbocycles. The smallest absolute Gasteiger partial charge is 0.308 e. The molecule has 1 N–H and O–H groups in total. The molecule has 1 unspecified atom stereocenters. The van der Waals surface area contributed by atoms with Gasteiger partial charge in [0.05, 0.1) is 5.92 Å². The Kier molecular flexibility index (Phi) is 7.91. The number of aliphatic carboxylic acids is 1. The second-order valence-corrected chi connectivity index (χ2v) is 6.27. The first-order valence-corrected chi connectivity index (χ1v) is 8.41. The second-order valence-electron chi connectivity index (χ2n) is 6.27. The fraction of sp³-hybridized carbons (Fsp3) is 0.706. The number of carbonyl (C=O) groups excluding carboxylic acids is 1. The van der Waals surface area contributed by atoms with E-state index in [4.69, 9.17) is 9.84 Å². The van der Waals surface area contributed by atoms with Gasteiger partial charge in [-0.25, -0.2) is 0 Å². The number of rotatable bonds is 10. The lowest BCUT2D eigenvalue weighted by Crippen LogP contribution is -2.38. The summed E-state index contributed by atoms with van der Waals surface area (Å²) in [6, 6.07) is 1.79. The zero-order chi connectivity index (χ0) is 18.3. The maximum Gasteiger partial charge on any atom is 0.308 e. The molecule has 1 atom stereocenters. The Labute approximate surface area is 143 Å². The van der Waals surface area contributed by atoms with Crippen molar-refractivity contribution in [2.45, 2.75) is 40.0 Å². The predicted molar refractivity (Wildman–Crippen MR) is 91.1 cm³/mol. The van der Waals surface area contributed by atoms with Crippen LogP contribution in [0.5, 0.6) is 0 Å². The highest BCUT2D eigenvalue weighted by molar-refractivity contribution is 5.92. The Balaban J connectivity index is 2.88. The van der Waals surface area contributed by atoms with Crippen molar-refractivity contribution in [3.05, 3.63) is 17.5 Å². The van der Waals surface area contributed by atoms with Crippen LogP contribution in [0.2, 0.25) is 0 Å². The fourth-order valence-electron chi connectivity index (χ4n) is 2.47.